The predicted octanol–water partition coefficient (Wildman–Crippen LogP) is 28.0. The molecule has 0 N–H and O–H groups in total. The first kappa shape index (κ1) is 62.1. The Morgan fingerprint density at radius 3 is 1.09 bits per heavy atom. The average molecular weight is 1420 g/mol. The van der Waals surface area contributed by atoms with Crippen molar-refractivity contribution in [3.63, 3.8) is 0 Å². The van der Waals surface area contributed by atoms with Gasteiger partial charge in [-0.1, -0.05) is 297 Å². The van der Waals surface area contributed by atoms with Crippen molar-refractivity contribution < 1.29 is 0 Å². The Balaban J connectivity index is 0.600. The lowest BCUT2D eigenvalue weighted by Gasteiger charge is -2.17. The van der Waals surface area contributed by atoms with Crippen LogP contribution in [-0.4, -0.2) is 29.9 Å². The number of nitrogens with zero attached hydrogens (tertiary/aromatic N) is 6. The van der Waals surface area contributed by atoms with Crippen LogP contribution >= 0.6 is 0 Å². The highest BCUT2D eigenvalue weighted by molar-refractivity contribution is 6.27. The molecular weight excluding hydrogens is 1360 g/mol. The maximum Gasteiger partial charge on any atom is 0.0978 e. The van der Waals surface area contributed by atoms with Crippen molar-refractivity contribution in [3.8, 4) is 123 Å². The summed E-state index contributed by atoms with van der Waals surface area (Å²) < 4.78 is 0. The molecule has 0 spiro atoms. The molecule has 17 aromatic carbocycles. The van der Waals surface area contributed by atoms with E-state index in [1.165, 1.54) is 93.2 Å². The Hall–Kier alpha value is -15.0. The minimum absolute atomic E-state index is 0.852. The number of hydrogen-bond acceptors (Lipinski definition) is 6. The SMILES string of the molecule is c1cc(-c2ccc3ccc4ccc(-c5ccc(-c6c7ccccc7nc7ccccc67)cc5)nc4c3n2)cc(-c2ccc3ccc4cc(-c5cc(-c6ccc(-c7c8ccccc8nc8ccccc78)cc6)nc6c5ccc5ccc(-c7ccc(-c8ccc9c%10c(cccc8%10)-c8ccccc8-9)cc7)nc56)cc5ccc2c3c45)c1. The molecule has 0 radical (unpaired) electrons. The van der Waals surface area contributed by atoms with Gasteiger partial charge in [0.25, 0.3) is 0 Å². The lowest BCUT2D eigenvalue weighted by atomic mass is 9.87. The predicted molar refractivity (Wildman–Crippen MR) is 468 cm³/mol. The fourth-order valence-electron chi connectivity index (χ4n) is 18.4. The number of para-hydroxylation sites is 4. The second-order valence-corrected chi connectivity index (χ2v) is 29.9. The molecule has 0 fully saturated rings. The lowest BCUT2D eigenvalue weighted by Crippen LogP contribution is -1.95. The van der Waals surface area contributed by atoms with Gasteiger partial charge in [-0.3, -0.25) is 0 Å². The van der Waals surface area contributed by atoms with Crippen molar-refractivity contribution in [3.05, 3.63) is 364 Å². The van der Waals surface area contributed by atoms with Crippen molar-refractivity contribution in [1.29, 1.82) is 0 Å². The molecular formula is C106H60N6. The van der Waals surface area contributed by atoms with Crippen LogP contribution < -0.4 is 0 Å². The summed E-state index contributed by atoms with van der Waals surface area (Å²) in [7, 11) is 0. The van der Waals surface area contributed by atoms with Gasteiger partial charge < -0.3 is 0 Å². The second-order valence-electron chi connectivity index (χ2n) is 29.9. The number of rotatable bonds is 9. The quantitative estimate of drug-likeness (QED) is 0.106. The highest BCUT2D eigenvalue weighted by atomic mass is 14.8. The van der Waals surface area contributed by atoms with Gasteiger partial charge in [-0.15, -0.1) is 0 Å². The molecule has 1 aliphatic rings. The first-order chi connectivity index (χ1) is 55.5. The van der Waals surface area contributed by atoms with E-state index in [2.05, 4.69) is 364 Å². The van der Waals surface area contributed by atoms with E-state index >= 15 is 0 Å². The van der Waals surface area contributed by atoms with E-state index in [0.29, 0.717) is 0 Å². The molecule has 24 rings (SSSR count). The molecule has 6 aromatic heterocycles. The van der Waals surface area contributed by atoms with Gasteiger partial charge in [-0.2, -0.15) is 0 Å². The Labute approximate surface area is 642 Å². The molecule has 23 aromatic rings. The number of aromatic nitrogens is 6. The molecule has 514 valence electrons. The van der Waals surface area contributed by atoms with Gasteiger partial charge in [0.2, 0.25) is 0 Å². The first-order valence-corrected chi connectivity index (χ1v) is 38.3. The fraction of sp³-hybridized carbons (Fsp3) is 0. The summed E-state index contributed by atoms with van der Waals surface area (Å²) in [5.41, 5.74) is 31.8. The molecule has 0 aliphatic heterocycles. The van der Waals surface area contributed by atoms with Crippen molar-refractivity contribution >= 4 is 130 Å². The largest absolute Gasteiger partial charge is 0.248 e. The van der Waals surface area contributed by atoms with Crippen LogP contribution in [0.2, 0.25) is 0 Å². The standard InChI is InChI=1S/C106H60N6/c1-2-16-79-78(15-1)81-22-12-21-80-76(52-53-83(79)102(80)81)61-27-29-62(30-28-61)91-55-47-70-44-51-84-89(60-97(112-106(84)105(70)110-91)64-33-37-66(38-34-64)100-87-19-5-9-25-95(87)108-96-26-10-6-20-88(96)100)75-58-73-42-39-67-43-49-77(82-50-45-74(59-75)98(73)101(67)82)71-13-11-14-72(57-71)92-56-48-69-41-40-68-46-54-90(109-103(68)104(69)111-92)63-31-35-65(36-32-63)99-85-17-3-7-23-93(85)107-94-24-8-4-18-86(94)99/h1-60H. The molecule has 0 saturated heterocycles. The minimum atomic E-state index is 0.852. The first-order valence-electron chi connectivity index (χ1n) is 38.3. The van der Waals surface area contributed by atoms with Gasteiger partial charge >= 0.3 is 0 Å². The van der Waals surface area contributed by atoms with Crippen LogP contribution in [0, 0.1) is 0 Å². The van der Waals surface area contributed by atoms with Crippen molar-refractivity contribution in [2.75, 3.05) is 0 Å². The fourth-order valence-corrected chi connectivity index (χ4v) is 18.4. The van der Waals surface area contributed by atoms with E-state index in [1.807, 2.05) is 0 Å². The third-order valence-corrected chi connectivity index (χ3v) is 23.7. The van der Waals surface area contributed by atoms with Crippen LogP contribution in [0.1, 0.15) is 0 Å². The zero-order chi connectivity index (χ0) is 73.2. The van der Waals surface area contributed by atoms with Crippen molar-refractivity contribution in [2.45, 2.75) is 0 Å². The molecule has 0 amide bonds. The summed E-state index contributed by atoms with van der Waals surface area (Å²) in [5, 5.41) is 18.5. The molecule has 112 heavy (non-hydrogen) atoms. The van der Waals surface area contributed by atoms with Gasteiger partial charge in [-0.05, 0) is 177 Å². The van der Waals surface area contributed by atoms with E-state index in [-0.39, 0.29) is 0 Å². The third kappa shape index (κ3) is 9.65. The lowest BCUT2D eigenvalue weighted by molar-refractivity contribution is 1.36. The molecule has 6 heterocycles. The zero-order valence-corrected chi connectivity index (χ0v) is 60.3. The summed E-state index contributed by atoms with van der Waals surface area (Å²) in [6.45, 7) is 0. The molecule has 0 atom stereocenters. The summed E-state index contributed by atoms with van der Waals surface area (Å²) in [5.74, 6) is 0. The van der Waals surface area contributed by atoms with Crippen LogP contribution in [0.5, 0.6) is 0 Å². The average Bonchev–Trinajstić information content (AvgIpc) is 1.45. The highest BCUT2D eigenvalue weighted by Gasteiger charge is 2.25. The van der Waals surface area contributed by atoms with E-state index in [4.69, 9.17) is 29.9 Å². The van der Waals surface area contributed by atoms with Crippen molar-refractivity contribution in [1.82, 2.24) is 29.9 Å². The van der Waals surface area contributed by atoms with Crippen molar-refractivity contribution in [2.24, 2.45) is 0 Å². The monoisotopic (exact) mass is 1420 g/mol. The van der Waals surface area contributed by atoms with Gasteiger partial charge in [0.15, 0.2) is 0 Å². The van der Waals surface area contributed by atoms with Gasteiger partial charge in [-0.25, -0.2) is 29.9 Å². The summed E-state index contributed by atoms with van der Waals surface area (Å²) in [6.07, 6.45) is 0. The van der Waals surface area contributed by atoms with Crippen LogP contribution in [0.15, 0.2) is 364 Å². The van der Waals surface area contributed by atoms with E-state index in [1.54, 1.807) is 0 Å². The van der Waals surface area contributed by atoms with Crippen LogP contribution in [0.4, 0.5) is 0 Å². The third-order valence-electron chi connectivity index (χ3n) is 23.7. The Morgan fingerprint density at radius 1 is 0.143 bits per heavy atom. The van der Waals surface area contributed by atoms with Gasteiger partial charge in [0.1, 0.15) is 0 Å². The van der Waals surface area contributed by atoms with Gasteiger partial charge in [0, 0.05) is 76.5 Å². The molecule has 1 aliphatic carbocycles. The molecule has 0 unspecified atom stereocenters. The highest BCUT2D eigenvalue weighted by Crippen LogP contribution is 2.51. The number of fused-ring (bicyclic) bond motifs is 13. The van der Waals surface area contributed by atoms with E-state index in [9.17, 15) is 0 Å². The second kappa shape index (κ2) is 24.3. The van der Waals surface area contributed by atoms with Crippen LogP contribution in [0.25, 0.3) is 253 Å². The van der Waals surface area contributed by atoms with Gasteiger partial charge in [0.05, 0.1) is 66.9 Å². The number of pyridine rings is 6. The maximum absolute atomic E-state index is 5.70. The molecule has 0 saturated carbocycles. The topological polar surface area (TPSA) is 77.3 Å². The normalized spacial score (nSPS) is 12.1. The maximum atomic E-state index is 5.70. The Morgan fingerprint density at radius 2 is 0.509 bits per heavy atom. The summed E-state index contributed by atoms with van der Waals surface area (Å²) in [6, 6.07) is 132. The summed E-state index contributed by atoms with van der Waals surface area (Å²) in [4.78, 5) is 32.2. The van der Waals surface area contributed by atoms with Crippen LogP contribution in [0.3, 0.4) is 0 Å². The number of hydrogen-bond donors (Lipinski definition) is 0. The molecule has 0 bridgehead atoms. The molecule has 6 nitrogen and oxygen atoms in total. The van der Waals surface area contributed by atoms with Crippen LogP contribution in [-0.2, 0) is 0 Å². The van der Waals surface area contributed by atoms with E-state index in [0.717, 1.165) is 160 Å². The smallest absolute Gasteiger partial charge is 0.0978 e. The molecule has 6 heteroatoms. The van der Waals surface area contributed by atoms with E-state index < -0.39 is 0 Å². The summed E-state index contributed by atoms with van der Waals surface area (Å²) >= 11 is 0. The Kier molecular flexibility index (Phi) is 13.5. The zero-order valence-electron chi connectivity index (χ0n) is 60.3. The number of benzene rings is 17. The Bertz CT molecular complexity index is 7830. The minimum Gasteiger partial charge on any atom is -0.248 e.